The number of hydrogen-bond donors (Lipinski definition) is 1. The van der Waals surface area contributed by atoms with Gasteiger partial charge in [0.25, 0.3) is 0 Å². The lowest BCUT2D eigenvalue weighted by atomic mass is 10.2. The third kappa shape index (κ3) is 3.71. The highest BCUT2D eigenvalue weighted by Crippen LogP contribution is 2.14. The molecule has 0 saturated carbocycles. The molecule has 0 spiro atoms. The second-order valence-corrected chi connectivity index (χ2v) is 3.78. The number of ether oxygens (including phenoxy) is 1. The van der Waals surface area contributed by atoms with Gasteiger partial charge in [0, 0.05) is 26.4 Å². The molecule has 0 aliphatic heterocycles. The van der Waals surface area contributed by atoms with Crippen LogP contribution in [-0.4, -0.2) is 43.4 Å². The SMILES string of the molecule is CCc1cc(C(=O)O)cc(N(C)CCOC)n1. The molecule has 5 heteroatoms. The fourth-order valence-corrected chi connectivity index (χ4v) is 1.41. The molecule has 1 aromatic heterocycles. The highest BCUT2D eigenvalue weighted by molar-refractivity contribution is 5.88. The van der Waals surface area contributed by atoms with Crippen LogP contribution in [0.4, 0.5) is 5.82 Å². The summed E-state index contributed by atoms with van der Waals surface area (Å²) < 4.78 is 4.98. The Kier molecular flexibility index (Phi) is 4.90. The molecule has 0 atom stereocenters. The van der Waals surface area contributed by atoms with Gasteiger partial charge < -0.3 is 14.7 Å². The molecule has 94 valence electrons. The Morgan fingerprint density at radius 2 is 2.24 bits per heavy atom. The van der Waals surface area contributed by atoms with E-state index in [1.165, 1.54) is 0 Å². The molecule has 0 aliphatic carbocycles. The fraction of sp³-hybridized carbons (Fsp3) is 0.500. The second kappa shape index (κ2) is 6.20. The van der Waals surface area contributed by atoms with E-state index in [2.05, 4.69) is 4.98 Å². The minimum absolute atomic E-state index is 0.274. The van der Waals surface area contributed by atoms with E-state index in [1.54, 1.807) is 19.2 Å². The number of methoxy groups -OCH3 is 1. The molecule has 0 amide bonds. The van der Waals surface area contributed by atoms with E-state index in [-0.39, 0.29) is 5.56 Å². The number of nitrogens with zero attached hydrogens (tertiary/aromatic N) is 2. The van der Waals surface area contributed by atoms with Gasteiger partial charge in [-0.1, -0.05) is 6.92 Å². The molecule has 0 aliphatic rings. The average molecular weight is 238 g/mol. The quantitative estimate of drug-likeness (QED) is 0.812. The summed E-state index contributed by atoms with van der Waals surface area (Å²) >= 11 is 0. The number of carbonyl (C=O) groups is 1. The predicted molar refractivity (Wildman–Crippen MR) is 65.7 cm³/mol. The Morgan fingerprint density at radius 1 is 1.53 bits per heavy atom. The molecule has 0 saturated heterocycles. The maximum atomic E-state index is 11.0. The van der Waals surface area contributed by atoms with Gasteiger partial charge in [-0.15, -0.1) is 0 Å². The molecule has 17 heavy (non-hydrogen) atoms. The number of likely N-dealkylation sites (N-methyl/N-ethyl adjacent to an activating group) is 1. The predicted octanol–water partition coefficient (Wildman–Crippen LogP) is 1.42. The standard InChI is InChI=1S/C12H18N2O3/c1-4-10-7-9(12(15)16)8-11(13-10)14(2)5-6-17-3/h7-8H,4-6H2,1-3H3,(H,15,16). The summed E-state index contributed by atoms with van der Waals surface area (Å²) in [5, 5.41) is 9.02. The fourth-order valence-electron chi connectivity index (χ4n) is 1.41. The maximum Gasteiger partial charge on any atom is 0.335 e. The van der Waals surface area contributed by atoms with Crippen molar-refractivity contribution in [1.82, 2.24) is 4.98 Å². The van der Waals surface area contributed by atoms with Crippen molar-refractivity contribution in [2.45, 2.75) is 13.3 Å². The summed E-state index contributed by atoms with van der Waals surface area (Å²) in [7, 11) is 3.50. The van der Waals surface area contributed by atoms with Crippen LogP contribution in [0.2, 0.25) is 0 Å². The van der Waals surface area contributed by atoms with Crippen LogP contribution >= 0.6 is 0 Å². The first-order valence-corrected chi connectivity index (χ1v) is 5.52. The van der Waals surface area contributed by atoms with E-state index >= 15 is 0 Å². The summed E-state index contributed by atoms with van der Waals surface area (Å²) in [5.41, 5.74) is 1.06. The molecular formula is C12H18N2O3. The van der Waals surface area contributed by atoms with Crippen molar-refractivity contribution in [3.63, 3.8) is 0 Å². The van der Waals surface area contributed by atoms with E-state index in [1.807, 2.05) is 18.9 Å². The zero-order valence-electron chi connectivity index (χ0n) is 10.4. The highest BCUT2D eigenvalue weighted by Gasteiger charge is 2.10. The van der Waals surface area contributed by atoms with Gasteiger partial charge in [-0.05, 0) is 18.6 Å². The van der Waals surface area contributed by atoms with Gasteiger partial charge in [-0.25, -0.2) is 9.78 Å². The van der Waals surface area contributed by atoms with Crippen molar-refractivity contribution < 1.29 is 14.6 Å². The topological polar surface area (TPSA) is 62.7 Å². The molecule has 0 bridgehead atoms. The second-order valence-electron chi connectivity index (χ2n) is 3.78. The van der Waals surface area contributed by atoms with Crippen LogP contribution < -0.4 is 4.90 Å². The summed E-state index contributed by atoms with van der Waals surface area (Å²) in [6.45, 7) is 3.21. The van der Waals surface area contributed by atoms with Crippen molar-refractivity contribution in [2.24, 2.45) is 0 Å². The number of rotatable bonds is 6. The lowest BCUT2D eigenvalue weighted by molar-refractivity contribution is 0.0696. The van der Waals surface area contributed by atoms with Gasteiger partial charge in [-0.2, -0.15) is 0 Å². The van der Waals surface area contributed by atoms with Crippen LogP contribution in [-0.2, 0) is 11.2 Å². The number of aryl methyl sites for hydroxylation is 1. The van der Waals surface area contributed by atoms with E-state index < -0.39 is 5.97 Å². The van der Waals surface area contributed by atoms with Crippen LogP contribution in [0.15, 0.2) is 12.1 Å². The minimum atomic E-state index is -0.927. The molecule has 1 heterocycles. The van der Waals surface area contributed by atoms with Crippen molar-refractivity contribution in [3.8, 4) is 0 Å². The zero-order valence-corrected chi connectivity index (χ0v) is 10.4. The minimum Gasteiger partial charge on any atom is -0.478 e. The lowest BCUT2D eigenvalue weighted by Gasteiger charge is -2.18. The Labute approximate surface area is 101 Å². The summed E-state index contributed by atoms with van der Waals surface area (Å²) in [6, 6.07) is 3.19. The largest absolute Gasteiger partial charge is 0.478 e. The van der Waals surface area contributed by atoms with Crippen LogP contribution in [0.3, 0.4) is 0 Å². The van der Waals surface area contributed by atoms with E-state index in [0.717, 1.165) is 5.69 Å². The van der Waals surface area contributed by atoms with Crippen LogP contribution in [0.1, 0.15) is 23.0 Å². The van der Waals surface area contributed by atoms with Crippen molar-refractivity contribution >= 4 is 11.8 Å². The Hall–Kier alpha value is -1.62. The van der Waals surface area contributed by atoms with Crippen LogP contribution in [0.5, 0.6) is 0 Å². The summed E-state index contributed by atoms with van der Waals surface area (Å²) in [6.07, 6.45) is 0.715. The normalized spacial score (nSPS) is 10.3. The van der Waals surface area contributed by atoms with Gasteiger partial charge in [-0.3, -0.25) is 0 Å². The van der Waals surface area contributed by atoms with E-state index in [4.69, 9.17) is 9.84 Å². The monoisotopic (exact) mass is 238 g/mol. The van der Waals surface area contributed by atoms with Gasteiger partial charge in [0.15, 0.2) is 0 Å². The Balaban J connectivity index is 2.97. The zero-order chi connectivity index (χ0) is 12.8. The summed E-state index contributed by atoms with van der Waals surface area (Å²) in [5.74, 6) is -0.262. The number of aromatic carboxylic acids is 1. The molecule has 0 fully saturated rings. The molecule has 1 rings (SSSR count). The lowest BCUT2D eigenvalue weighted by Crippen LogP contribution is -2.23. The number of aromatic nitrogens is 1. The number of carboxylic acids is 1. The number of pyridine rings is 1. The van der Waals surface area contributed by atoms with E-state index in [9.17, 15) is 4.79 Å². The third-order valence-corrected chi connectivity index (χ3v) is 2.50. The number of carboxylic acid groups (broad SMARTS) is 1. The van der Waals surface area contributed by atoms with Gasteiger partial charge >= 0.3 is 5.97 Å². The molecule has 5 nitrogen and oxygen atoms in total. The molecular weight excluding hydrogens is 220 g/mol. The van der Waals surface area contributed by atoms with Gasteiger partial charge in [0.05, 0.1) is 12.2 Å². The molecule has 0 unspecified atom stereocenters. The number of anilines is 1. The van der Waals surface area contributed by atoms with Gasteiger partial charge in [0.2, 0.25) is 0 Å². The van der Waals surface area contributed by atoms with Gasteiger partial charge in [0.1, 0.15) is 5.82 Å². The maximum absolute atomic E-state index is 11.0. The van der Waals surface area contributed by atoms with E-state index in [0.29, 0.717) is 25.4 Å². The Morgan fingerprint density at radius 3 is 2.76 bits per heavy atom. The first-order valence-electron chi connectivity index (χ1n) is 5.52. The number of hydrogen-bond acceptors (Lipinski definition) is 4. The third-order valence-electron chi connectivity index (χ3n) is 2.50. The molecule has 0 radical (unpaired) electrons. The first kappa shape index (κ1) is 13.4. The molecule has 1 aromatic rings. The van der Waals surface area contributed by atoms with Crippen LogP contribution in [0.25, 0.3) is 0 Å². The summed E-state index contributed by atoms with van der Waals surface area (Å²) in [4.78, 5) is 17.3. The first-order chi connectivity index (χ1) is 8.08. The Bertz CT molecular complexity index is 393. The average Bonchev–Trinajstić information content (AvgIpc) is 2.35. The van der Waals surface area contributed by atoms with Crippen LogP contribution in [0, 0.1) is 0 Å². The molecule has 0 aromatic carbocycles. The van der Waals surface area contributed by atoms with Crippen molar-refractivity contribution in [1.29, 1.82) is 0 Å². The highest BCUT2D eigenvalue weighted by atomic mass is 16.5. The van der Waals surface area contributed by atoms with Crippen molar-refractivity contribution in [3.05, 3.63) is 23.4 Å². The molecule has 1 N–H and O–H groups in total. The smallest absolute Gasteiger partial charge is 0.335 e. The van der Waals surface area contributed by atoms with Crippen molar-refractivity contribution in [2.75, 3.05) is 32.2 Å².